The third-order valence-corrected chi connectivity index (χ3v) is 6.65. The molecule has 4 rings (SSSR count). The largest absolute Gasteiger partial charge is 0.497 e. The van der Waals surface area contributed by atoms with Crippen molar-refractivity contribution in [1.29, 1.82) is 0 Å². The van der Waals surface area contributed by atoms with Crippen molar-refractivity contribution in [2.24, 2.45) is 0 Å². The van der Waals surface area contributed by atoms with Crippen molar-refractivity contribution in [3.8, 4) is 5.75 Å². The summed E-state index contributed by atoms with van der Waals surface area (Å²) in [5, 5.41) is 3.17. The smallest absolute Gasteiger partial charge is 0.293 e. The van der Waals surface area contributed by atoms with Gasteiger partial charge >= 0.3 is 0 Å². The van der Waals surface area contributed by atoms with Crippen LogP contribution in [0.2, 0.25) is 0 Å². The van der Waals surface area contributed by atoms with E-state index in [-0.39, 0.29) is 23.0 Å². The topological polar surface area (TPSA) is 71.8 Å². The van der Waals surface area contributed by atoms with Gasteiger partial charge in [0.1, 0.15) is 5.75 Å². The van der Waals surface area contributed by atoms with Gasteiger partial charge in [0.25, 0.3) is 11.8 Å². The normalized spacial score (nSPS) is 15.0. The van der Waals surface area contributed by atoms with Gasteiger partial charge in [-0.05, 0) is 54.8 Å². The van der Waals surface area contributed by atoms with Crippen molar-refractivity contribution in [3.05, 3.63) is 83.8 Å². The maximum Gasteiger partial charge on any atom is 0.293 e. The number of methoxy groups -OCH3 is 1. The number of rotatable bonds is 7. The standard InChI is InChI=1S/C27H30N2O4/c1-29(26(31)24-11-8-18-33-24)23-10-5-4-9-22(23)25(30)28-19-27(16-6-3-7-17-27)20-12-14-21(32-2)15-13-20/h4-5,8-15,18H,3,6-7,16-17,19H2,1-2H3,(H,28,30). The van der Waals surface area contributed by atoms with Crippen LogP contribution in [0.15, 0.2) is 71.3 Å². The molecule has 1 N–H and O–H groups in total. The van der Waals surface area contributed by atoms with Crippen LogP contribution in [0.1, 0.15) is 58.6 Å². The first-order valence-corrected chi connectivity index (χ1v) is 11.4. The third-order valence-electron chi connectivity index (χ3n) is 6.65. The van der Waals surface area contributed by atoms with Gasteiger partial charge in [0.05, 0.1) is 24.6 Å². The Hall–Kier alpha value is -3.54. The predicted octanol–water partition coefficient (Wildman–Crippen LogP) is 5.20. The summed E-state index contributed by atoms with van der Waals surface area (Å²) >= 11 is 0. The quantitative estimate of drug-likeness (QED) is 0.542. The Bertz CT molecular complexity index is 1080. The van der Waals surface area contributed by atoms with E-state index in [9.17, 15) is 9.59 Å². The maximum absolute atomic E-state index is 13.3. The molecule has 0 radical (unpaired) electrons. The molecule has 6 nitrogen and oxygen atoms in total. The number of hydrogen-bond donors (Lipinski definition) is 1. The Kier molecular flexibility index (Phi) is 6.82. The van der Waals surface area contributed by atoms with Crippen molar-refractivity contribution >= 4 is 17.5 Å². The van der Waals surface area contributed by atoms with E-state index >= 15 is 0 Å². The first kappa shape index (κ1) is 22.6. The minimum absolute atomic E-state index is 0.106. The molecular formula is C27H30N2O4. The molecule has 6 heteroatoms. The number of anilines is 1. The lowest BCUT2D eigenvalue weighted by atomic mass is 9.69. The van der Waals surface area contributed by atoms with Crippen molar-refractivity contribution in [1.82, 2.24) is 5.32 Å². The summed E-state index contributed by atoms with van der Waals surface area (Å²) in [6.45, 7) is 0.544. The molecule has 3 aromatic rings. The summed E-state index contributed by atoms with van der Waals surface area (Å²) in [6, 6.07) is 18.6. The summed E-state index contributed by atoms with van der Waals surface area (Å²) in [5.74, 6) is 0.561. The zero-order chi connectivity index (χ0) is 23.3. The van der Waals surface area contributed by atoms with Crippen LogP contribution in [-0.2, 0) is 5.41 Å². The number of hydrogen-bond acceptors (Lipinski definition) is 4. The summed E-state index contributed by atoms with van der Waals surface area (Å²) in [4.78, 5) is 27.5. The summed E-state index contributed by atoms with van der Waals surface area (Å²) in [7, 11) is 3.31. The van der Waals surface area contributed by atoms with Gasteiger partial charge < -0.3 is 19.4 Å². The molecule has 172 valence electrons. The zero-order valence-corrected chi connectivity index (χ0v) is 19.2. The lowest BCUT2D eigenvalue weighted by Crippen LogP contribution is -2.42. The molecule has 0 spiro atoms. The van der Waals surface area contributed by atoms with Crippen LogP contribution in [0.4, 0.5) is 5.69 Å². The van der Waals surface area contributed by atoms with Crippen molar-refractivity contribution in [3.63, 3.8) is 0 Å². The number of ether oxygens (including phenoxy) is 1. The van der Waals surface area contributed by atoms with Crippen LogP contribution in [0.25, 0.3) is 0 Å². The second-order valence-electron chi connectivity index (χ2n) is 8.61. The molecule has 1 aliphatic rings. The van der Waals surface area contributed by atoms with Gasteiger partial charge in [-0.3, -0.25) is 9.59 Å². The second kappa shape index (κ2) is 9.94. The fourth-order valence-corrected chi connectivity index (χ4v) is 4.72. The Morgan fingerprint density at radius 2 is 1.73 bits per heavy atom. The lowest BCUT2D eigenvalue weighted by Gasteiger charge is -2.38. The summed E-state index contributed by atoms with van der Waals surface area (Å²) in [6.07, 6.45) is 7.00. The Morgan fingerprint density at radius 1 is 1.00 bits per heavy atom. The molecule has 1 saturated carbocycles. The van der Waals surface area contributed by atoms with Crippen LogP contribution in [0, 0.1) is 0 Å². The van der Waals surface area contributed by atoms with Gasteiger partial charge in [-0.2, -0.15) is 0 Å². The first-order valence-electron chi connectivity index (χ1n) is 11.4. The fraction of sp³-hybridized carbons (Fsp3) is 0.333. The van der Waals surface area contributed by atoms with Crippen LogP contribution in [0.5, 0.6) is 5.75 Å². The Morgan fingerprint density at radius 3 is 2.39 bits per heavy atom. The molecule has 0 aliphatic heterocycles. The van der Waals surface area contributed by atoms with Crippen molar-refractivity contribution < 1.29 is 18.7 Å². The monoisotopic (exact) mass is 446 g/mol. The second-order valence-corrected chi connectivity index (χ2v) is 8.61. The average molecular weight is 447 g/mol. The van der Waals surface area contributed by atoms with Crippen LogP contribution >= 0.6 is 0 Å². The highest BCUT2D eigenvalue weighted by Gasteiger charge is 2.34. The van der Waals surface area contributed by atoms with Crippen LogP contribution in [-0.4, -0.2) is 32.5 Å². The van der Waals surface area contributed by atoms with E-state index in [1.165, 1.54) is 23.1 Å². The summed E-state index contributed by atoms with van der Waals surface area (Å²) in [5.41, 5.74) is 2.12. The molecule has 1 fully saturated rings. The van der Waals surface area contributed by atoms with E-state index in [0.717, 1.165) is 31.4 Å². The van der Waals surface area contributed by atoms with E-state index in [2.05, 4.69) is 17.4 Å². The van der Waals surface area contributed by atoms with Crippen LogP contribution < -0.4 is 15.0 Å². The van der Waals surface area contributed by atoms with Crippen LogP contribution in [0.3, 0.4) is 0 Å². The lowest BCUT2D eigenvalue weighted by molar-refractivity contribution is 0.0937. The molecule has 2 amide bonds. The number of para-hydroxylation sites is 1. The highest BCUT2D eigenvalue weighted by atomic mass is 16.5. The molecule has 0 atom stereocenters. The molecule has 1 aliphatic carbocycles. The van der Waals surface area contributed by atoms with Gasteiger partial charge in [0.2, 0.25) is 0 Å². The number of furan rings is 1. The Labute approximate surface area is 194 Å². The number of nitrogens with zero attached hydrogens (tertiary/aromatic N) is 1. The predicted molar refractivity (Wildman–Crippen MR) is 128 cm³/mol. The van der Waals surface area contributed by atoms with E-state index < -0.39 is 0 Å². The van der Waals surface area contributed by atoms with E-state index in [1.807, 2.05) is 24.3 Å². The molecule has 0 saturated heterocycles. The number of amides is 2. The molecule has 2 aromatic carbocycles. The third kappa shape index (κ3) is 4.80. The molecule has 1 aromatic heterocycles. The van der Waals surface area contributed by atoms with Gasteiger partial charge in [-0.25, -0.2) is 0 Å². The maximum atomic E-state index is 13.3. The highest BCUT2D eigenvalue weighted by molar-refractivity contribution is 6.09. The van der Waals surface area contributed by atoms with Crippen molar-refractivity contribution in [2.45, 2.75) is 37.5 Å². The van der Waals surface area contributed by atoms with E-state index in [1.54, 1.807) is 38.4 Å². The molecule has 0 unspecified atom stereocenters. The van der Waals surface area contributed by atoms with Gasteiger partial charge in [-0.15, -0.1) is 0 Å². The SMILES string of the molecule is COc1ccc(C2(CNC(=O)c3ccccc3N(C)C(=O)c3ccco3)CCCCC2)cc1. The number of carbonyl (C=O) groups excluding carboxylic acids is 2. The average Bonchev–Trinajstić information content (AvgIpc) is 3.42. The minimum atomic E-state index is -0.303. The van der Waals surface area contributed by atoms with Gasteiger partial charge in [0.15, 0.2) is 5.76 Å². The number of benzene rings is 2. The summed E-state index contributed by atoms with van der Waals surface area (Å²) < 4.78 is 10.6. The van der Waals surface area contributed by atoms with E-state index in [0.29, 0.717) is 17.8 Å². The molecule has 1 heterocycles. The first-order chi connectivity index (χ1) is 16.0. The number of nitrogens with one attached hydrogen (secondary N) is 1. The highest BCUT2D eigenvalue weighted by Crippen LogP contribution is 2.39. The molecule has 33 heavy (non-hydrogen) atoms. The van der Waals surface area contributed by atoms with E-state index in [4.69, 9.17) is 9.15 Å². The molecule has 0 bridgehead atoms. The zero-order valence-electron chi connectivity index (χ0n) is 19.2. The minimum Gasteiger partial charge on any atom is -0.497 e. The molecular weight excluding hydrogens is 416 g/mol. The Balaban J connectivity index is 1.54. The van der Waals surface area contributed by atoms with Crippen molar-refractivity contribution in [2.75, 3.05) is 25.6 Å². The fourth-order valence-electron chi connectivity index (χ4n) is 4.72. The number of carbonyl (C=O) groups is 2. The van der Waals surface area contributed by atoms with Gasteiger partial charge in [-0.1, -0.05) is 43.5 Å². The van der Waals surface area contributed by atoms with Gasteiger partial charge in [0, 0.05) is 19.0 Å².